The van der Waals surface area contributed by atoms with Crippen molar-refractivity contribution in [3.05, 3.63) is 41.2 Å². The van der Waals surface area contributed by atoms with Gasteiger partial charge in [0.05, 0.1) is 6.20 Å². The molecule has 2 atom stereocenters. The molecule has 1 heterocycles. The third-order valence-electron chi connectivity index (χ3n) is 3.60. The molecule has 2 rings (SSSR count). The van der Waals surface area contributed by atoms with Crippen LogP contribution in [0.1, 0.15) is 29.9 Å². The number of halogens is 1. The first-order valence-electron chi connectivity index (χ1n) is 7.18. The van der Waals surface area contributed by atoms with Crippen LogP contribution in [0, 0.1) is 11.7 Å². The van der Waals surface area contributed by atoms with E-state index in [1.54, 1.807) is 25.1 Å². The maximum atomic E-state index is 13.7. The van der Waals surface area contributed by atoms with Crippen LogP contribution in [0.3, 0.4) is 0 Å². The van der Waals surface area contributed by atoms with E-state index in [4.69, 9.17) is 0 Å². The second-order valence-corrected chi connectivity index (χ2v) is 6.22. The summed E-state index contributed by atoms with van der Waals surface area (Å²) in [7, 11) is 0. The number of carboxylic acid groups (broad SMARTS) is 1. The monoisotopic (exact) mass is 336 g/mol. The standard InChI is InChI=1S/C16H17FN2O3S/c1-3-9(2)13(16(21)22)19-14(20)12-8-18-15(23-12)10-6-4-5-7-11(10)17/h4-9,13H,3H2,1-2H3,(H,19,20)(H,21,22)/t9-,13-/m0/s1. The van der Waals surface area contributed by atoms with Crippen LogP contribution in [0.4, 0.5) is 4.39 Å². The van der Waals surface area contributed by atoms with Gasteiger partial charge in [-0.05, 0) is 18.1 Å². The van der Waals surface area contributed by atoms with Gasteiger partial charge in [0.2, 0.25) is 0 Å². The van der Waals surface area contributed by atoms with Gasteiger partial charge in [-0.2, -0.15) is 0 Å². The zero-order valence-electron chi connectivity index (χ0n) is 12.7. The van der Waals surface area contributed by atoms with Gasteiger partial charge in [0.1, 0.15) is 21.7 Å². The Labute approximate surface area is 137 Å². The lowest BCUT2D eigenvalue weighted by Gasteiger charge is -2.19. The Morgan fingerprint density at radius 3 is 2.70 bits per heavy atom. The third-order valence-corrected chi connectivity index (χ3v) is 4.63. The van der Waals surface area contributed by atoms with E-state index in [9.17, 15) is 19.1 Å². The molecule has 1 aromatic heterocycles. The largest absolute Gasteiger partial charge is 0.480 e. The number of hydrogen-bond acceptors (Lipinski definition) is 4. The highest BCUT2D eigenvalue weighted by Crippen LogP contribution is 2.27. The van der Waals surface area contributed by atoms with Crippen molar-refractivity contribution in [1.82, 2.24) is 10.3 Å². The van der Waals surface area contributed by atoms with Crippen LogP contribution in [-0.2, 0) is 4.79 Å². The van der Waals surface area contributed by atoms with Gasteiger partial charge in [-0.1, -0.05) is 32.4 Å². The number of carbonyl (C=O) groups excluding carboxylic acids is 1. The van der Waals surface area contributed by atoms with E-state index in [2.05, 4.69) is 10.3 Å². The van der Waals surface area contributed by atoms with Gasteiger partial charge in [-0.15, -0.1) is 11.3 Å². The number of benzene rings is 1. The van der Waals surface area contributed by atoms with E-state index < -0.39 is 23.7 Å². The minimum Gasteiger partial charge on any atom is -0.480 e. The molecule has 0 spiro atoms. The molecule has 0 aliphatic heterocycles. The average Bonchev–Trinajstić information content (AvgIpc) is 3.01. The summed E-state index contributed by atoms with van der Waals surface area (Å²) in [5, 5.41) is 12.1. The van der Waals surface area contributed by atoms with Gasteiger partial charge in [-0.25, -0.2) is 14.2 Å². The molecule has 0 fully saturated rings. The zero-order chi connectivity index (χ0) is 17.0. The maximum absolute atomic E-state index is 13.7. The number of carbonyl (C=O) groups is 2. The van der Waals surface area contributed by atoms with Gasteiger partial charge >= 0.3 is 5.97 Å². The first-order chi connectivity index (χ1) is 10.9. The van der Waals surface area contributed by atoms with Crippen LogP contribution in [0.15, 0.2) is 30.5 Å². The fraction of sp³-hybridized carbons (Fsp3) is 0.312. The fourth-order valence-electron chi connectivity index (χ4n) is 2.03. The van der Waals surface area contributed by atoms with Crippen LogP contribution >= 0.6 is 11.3 Å². The molecule has 1 amide bonds. The number of nitrogens with one attached hydrogen (secondary N) is 1. The van der Waals surface area contributed by atoms with Crippen molar-refractivity contribution in [3.8, 4) is 10.6 Å². The Morgan fingerprint density at radius 2 is 2.09 bits per heavy atom. The number of amides is 1. The average molecular weight is 336 g/mol. The minimum atomic E-state index is -1.08. The molecular formula is C16H17FN2O3S. The summed E-state index contributed by atoms with van der Waals surface area (Å²) in [5.41, 5.74) is 0.313. The number of nitrogens with zero attached hydrogens (tertiary/aromatic N) is 1. The zero-order valence-corrected chi connectivity index (χ0v) is 13.6. The second kappa shape index (κ2) is 7.32. The van der Waals surface area contributed by atoms with Crippen molar-refractivity contribution in [1.29, 1.82) is 0 Å². The maximum Gasteiger partial charge on any atom is 0.326 e. The molecule has 0 unspecified atom stereocenters. The Morgan fingerprint density at radius 1 is 1.39 bits per heavy atom. The summed E-state index contributed by atoms with van der Waals surface area (Å²) >= 11 is 1.03. The van der Waals surface area contributed by atoms with Crippen molar-refractivity contribution < 1.29 is 19.1 Å². The summed E-state index contributed by atoms with van der Waals surface area (Å²) in [5.74, 6) is -2.21. The predicted molar refractivity (Wildman–Crippen MR) is 85.9 cm³/mol. The SMILES string of the molecule is CC[C@H](C)[C@H](NC(=O)c1cnc(-c2ccccc2F)s1)C(=O)O. The molecule has 0 saturated carbocycles. The van der Waals surface area contributed by atoms with Crippen molar-refractivity contribution >= 4 is 23.2 Å². The molecule has 0 aliphatic rings. The Hall–Kier alpha value is -2.28. The topological polar surface area (TPSA) is 79.3 Å². The Balaban J connectivity index is 2.18. The van der Waals surface area contributed by atoms with Crippen LogP contribution in [-0.4, -0.2) is 28.0 Å². The highest BCUT2D eigenvalue weighted by molar-refractivity contribution is 7.16. The highest BCUT2D eigenvalue weighted by atomic mass is 32.1. The van der Waals surface area contributed by atoms with E-state index in [-0.39, 0.29) is 10.8 Å². The lowest BCUT2D eigenvalue weighted by atomic mass is 9.99. The number of rotatable bonds is 6. The quantitative estimate of drug-likeness (QED) is 0.849. The Kier molecular flexibility index (Phi) is 5.44. The van der Waals surface area contributed by atoms with E-state index in [0.29, 0.717) is 17.0 Å². The number of hydrogen-bond donors (Lipinski definition) is 2. The molecule has 5 nitrogen and oxygen atoms in total. The van der Waals surface area contributed by atoms with Gasteiger partial charge < -0.3 is 10.4 Å². The summed E-state index contributed by atoms with van der Waals surface area (Å²) < 4.78 is 13.7. The van der Waals surface area contributed by atoms with Crippen molar-refractivity contribution in [2.24, 2.45) is 5.92 Å². The lowest BCUT2D eigenvalue weighted by Crippen LogP contribution is -2.44. The molecule has 122 valence electrons. The molecule has 2 aromatic rings. The number of aromatic nitrogens is 1. The van der Waals surface area contributed by atoms with E-state index >= 15 is 0 Å². The van der Waals surface area contributed by atoms with Crippen molar-refractivity contribution in [2.75, 3.05) is 0 Å². The molecule has 0 aliphatic carbocycles. The number of carboxylic acids is 1. The third kappa shape index (κ3) is 3.92. The summed E-state index contributed by atoms with van der Waals surface area (Å²) in [6.45, 7) is 3.62. The highest BCUT2D eigenvalue weighted by Gasteiger charge is 2.26. The van der Waals surface area contributed by atoms with E-state index in [1.807, 2.05) is 6.92 Å². The van der Waals surface area contributed by atoms with Crippen LogP contribution in [0.25, 0.3) is 10.6 Å². The summed E-state index contributed by atoms with van der Waals surface area (Å²) in [6, 6.07) is 5.19. The second-order valence-electron chi connectivity index (χ2n) is 5.18. The van der Waals surface area contributed by atoms with Gasteiger partial charge in [0, 0.05) is 5.56 Å². The smallest absolute Gasteiger partial charge is 0.326 e. The molecule has 23 heavy (non-hydrogen) atoms. The summed E-state index contributed by atoms with van der Waals surface area (Å²) in [4.78, 5) is 27.8. The normalized spacial score (nSPS) is 13.3. The molecular weight excluding hydrogens is 319 g/mol. The number of aliphatic carboxylic acids is 1. The molecule has 2 N–H and O–H groups in total. The van der Waals surface area contributed by atoms with Crippen LogP contribution < -0.4 is 5.32 Å². The van der Waals surface area contributed by atoms with E-state index in [1.165, 1.54) is 12.3 Å². The first-order valence-corrected chi connectivity index (χ1v) is 8.00. The summed E-state index contributed by atoms with van der Waals surface area (Å²) in [6.07, 6.45) is 1.96. The molecule has 7 heteroatoms. The fourth-order valence-corrected chi connectivity index (χ4v) is 2.88. The van der Waals surface area contributed by atoms with Crippen LogP contribution in [0.2, 0.25) is 0 Å². The molecule has 0 radical (unpaired) electrons. The number of thiazole rings is 1. The molecule has 0 saturated heterocycles. The molecule has 1 aromatic carbocycles. The first kappa shape index (κ1) is 17.1. The minimum absolute atomic E-state index is 0.199. The predicted octanol–water partition coefficient (Wildman–Crippen LogP) is 3.18. The lowest BCUT2D eigenvalue weighted by molar-refractivity contribution is -0.140. The van der Waals surface area contributed by atoms with E-state index in [0.717, 1.165) is 11.3 Å². The Bertz CT molecular complexity index is 717. The van der Waals surface area contributed by atoms with Crippen LogP contribution in [0.5, 0.6) is 0 Å². The van der Waals surface area contributed by atoms with Gasteiger partial charge in [0.15, 0.2) is 0 Å². The van der Waals surface area contributed by atoms with Crippen molar-refractivity contribution in [2.45, 2.75) is 26.3 Å². The van der Waals surface area contributed by atoms with Gasteiger partial charge in [-0.3, -0.25) is 4.79 Å². The van der Waals surface area contributed by atoms with Gasteiger partial charge in [0.25, 0.3) is 5.91 Å². The van der Waals surface area contributed by atoms with Crippen molar-refractivity contribution in [3.63, 3.8) is 0 Å². The molecule has 0 bridgehead atoms.